The molecule has 0 aromatic heterocycles. The summed E-state index contributed by atoms with van der Waals surface area (Å²) in [4.78, 5) is 0. The van der Waals surface area contributed by atoms with E-state index in [0.29, 0.717) is 0 Å². The summed E-state index contributed by atoms with van der Waals surface area (Å²) in [5, 5.41) is 0. The van der Waals surface area contributed by atoms with Crippen LogP contribution in [0.2, 0.25) is 0 Å². The molecule has 24 heavy (non-hydrogen) atoms. The van der Waals surface area contributed by atoms with Crippen molar-refractivity contribution in [2.75, 3.05) is 0 Å². The highest BCUT2D eigenvalue weighted by atomic mass is 16.5. The largest absolute Gasteiger partial charge is 0.457 e. The molecule has 1 heteroatoms. The number of hydrogen-bond acceptors (Lipinski definition) is 1. The second-order valence-corrected chi connectivity index (χ2v) is 5.92. The van der Waals surface area contributed by atoms with Gasteiger partial charge in [-0.25, -0.2) is 0 Å². The van der Waals surface area contributed by atoms with Gasteiger partial charge in [-0.1, -0.05) is 80.4 Å². The van der Waals surface area contributed by atoms with Crippen LogP contribution in [0.5, 0.6) is 11.5 Å². The lowest BCUT2D eigenvalue weighted by Crippen LogP contribution is -1.90. The summed E-state index contributed by atoms with van der Waals surface area (Å²) in [5.74, 6) is 1.76. The van der Waals surface area contributed by atoms with Gasteiger partial charge in [0.05, 0.1) is 0 Å². The van der Waals surface area contributed by atoms with Gasteiger partial charge in [-0.15, -0.1) is 0 Å². The highest BCUT2D eigenvalue weighted by Crippen LogP contribution is 2.33. The third-order valence-electron chi connectivity index (χ3n) is 4.09. The fourth-order valence-electron chi connectivity index (χ4n) is 2.77. The molecule has 1 nitrogen and oxygen atoms in total. The molecule has 0 fully saturated rings. The first-order valence-electron chi connectivity index (χ1n) is 8.57. The fraction of sp³-hybridized carbons (Fsp3) is 0.174. The Balaban J connectivity index is 1.75. The van der Waals surface area contributed by atoms with Crippen molar-refractivity contribution in [3.8, 4) is 22.6 Å². The minimum atomic E-state index is 0.874. The summed E-state index contributed by atoms with van der Waals surface area (Å²) in [6.07, 6.45) is 4.50. The average Bonchev–Trinajstić information content (AvgIpc) is 2.65. The monoisotopic (exact) mass is 315 g/mol. The van der Waals surface area contributed by atoms with Gasteiger partial charge in [0.25, 0.3) is 0 Å². The maximum absolute atomic E-state index is 6.13. The van der Waals surface area contributed by atoms with E-state index in [1.54, 1.807) is 0 Å². The van der Waals surface area contributed by atoms with Gasteiger partial charge in [-0.2, -0.15) is 0 Å². The van der Waals surface area contributed by atoms with E-state index in [2.05, 4.69) is 49.4 Å². The summed E-state index contributed by atoms with van der Waals surface area (Å²) in [5.41, 5.74) is 3.63. The molecule has 3 aromatic carbocycles. The molecule has 0 saturated heterocycles. The lowest BCUT2D eigenvalue weighted by atomic mass is 10.0. The molecule has 0 bridgehead atoms. The van der Waals surface area contributed by atoms with Crippen LogP contribution in [0.25, 0.3) is 11.1 Å². The van der Waals surface area contributed by atoms with E-state index in [4.69, 9.17) is 4.74 Å². The maximum Gasteiger partial charge on any atom is 0.135 e. The Morgan fingerprint density at radius 3 is 2.17 bits per heavy atom. The molecule has 1 radical (unpaired) electrons. The van der Waals surface area contributed by atoms with E-state index in [1.165, 1.54) is 18.4 Å². The van der Waals surface area contributed by atoms with E-state index >= 15 is 0 Å². The van der Waals surface area contributed by atoms with Gasteiger partial charge >= 0.3 is 0 Å². The van der Waals surface area contributed by atoms with Crippen LogP contribution in [-0.4, -0.2) is 0 Å². The molecular formula is C23H23O. The molecule has 0 atom stereocenters. The zero-order valence-corrected chi connectivity index (χ0v) is 13.9. The van der Waals surface area contributed by atoms with E-state index in [1.807, 2.05) is 36.4 Å². The Labute approximate surface area is 144 Å². The van der Waals surface area contributed by atoms with Crippen LogP contribution in [0.15, 0.2) is 78.9 Å². The molecule has 121 valence electrons. The van der Waals surface area contributed by atoms with E-state index in [-0.39, 0.29) is 0 Å². The quantitative estimate of drug-likeness (QED) is 0.441. The first-order valence-corrected chi connectivity index (χ1v) is 8.57. The number of benzene rings is 3. The van der Waals surface area contributed by atoms with Crippen LogP contribution < -0.4 is 4.74 Å². The Bertz CT molecular complexity index is 745. The van der Waals surface area contributed by atoms with Crippen molar-refractivity contribution < 1.29 is 4.74 Å². The van der Waals surface area contributed by atoms with E-state index in [9.17, 15) is 0 Å². The third kappa shape index (κ3) is 4.26. The van der Waals surface area contributed by atoms with Crippen molar-refractivity contribution >= 4 is 0 Å². The molecule has 0 aliphatic heterocycles. The Morgan fingerprint density at radius 1 is 0.708 bits per heavy atom. The third-order valence-corrected chi connectivity index (χ3v) is 4.09. The molecular weight excluding hydrogens is 292 g/mol. The standard InChI is InChI=1S/C23H23O/c1-2-3-5-10-19-15-17-21(18-16-19)24-23-14-9-8-13-22(23)20-11-6-4-7-12-20/h4,6-9,11-18H,1-3,5,10H2. The summed E-state index contributed by atoms with van der Waals surface area (Å²) in [6, 6.07) is 26.9. The Hall–Kier alpha value is -2.54. The minimum Gasteiger partial charge on any atom is -0.457 e. The maximum atomic E-state index is 6.13. The van der Waals surface area contributed by atoms with Crippen molar-refractivity contribution in [3.05, 3.63) is 91.3 Å². The Kier molecular flexibility index (Phi) is 5.68. The van der Waals surface area contributed by atoms with Crippen LogP contribution in [0.4, 0.5) is 0 Å². The van der Waals surface area contributed by atoms with E-state index < -0.39 is 0 Å². The van der Waals surface area contributed by atoms with Crippen LogP contribution in [0, 0.1) is 6.92 Å². The van der Waals surface area contributed by atoms with Crippen molar-refractivity contribution in [2.45, 2.75) is 25.7 Å². The Morgan fingerprint density at radius 2 is 1.42 bits per heavy atom. The number of rotatable bonds is 7. The number of ether oxygens (including phenoxy) is 1. The van der Waals surface area contributed by atoms with Crippen LogP contribution in [0.3, 0.4) is 0 Å². The predicted molar refractivity (Wildman–Crippen MR) is 101 cm³/mol. The lowest BCUT2D eigenvalue weighted by molar-refractivity contribution is 0.484. The molecule has 0 heterocycles. The highest BCUT2D eigenvalue weighted by molar-refractivity contribution is 5.70. The van der Waals surface area contributed by atoms with Crippen molar-refractivity contribution in [1.29, 1.82) is 0 Å². The highest BCUT2D eigenvalue weighted by Gasteiger charge is 2.06. The minimum absolute atomic E-state index is 0.874. The summed E-state index contributed by atoms with van der Waals surface area (Å²) >= 11 is 0. The van der Waals surface area contributed by atoms with Crippen molar-refractivity contribution in [2.24, 2.45) is 0 Å². The second-order valence-electron chi connectivity index (χ2n) is 5.92. The van der Waals surface area contributed by atoms with Gasteiger partial charge in [0, 0.05) is 5.56 Å². The van der Waals surface area contributed by atoms with Gasteiger partial charge < -0.3 is 4.74 Å². The van der Waals surface area contributed by atoms with Crippen LogP contribution in [0.1, 0.15) is 24.8 Å². The summed E-state index contributed by atoms with van der Waals surface area (Å²) in [7, 11) is 0. The molecule has 0 spiro atoms. The molecule has 3 aromatic rings. The molecule has 3 rings (SSSR count). The average molecular weight is 315 g/mol. The summed E-state index contributed by atoms with van der Waals surface area (Å²) in [6.45, 7) is 3.89. The smallest absolute Gasteiger partial charge is 0.135 e. The molecule has 0 aliphatic rings. The van der Waals surface area contributed by atoms with E-state index in [0.717, 1.165) is 35.5 Å². The molecule has 0 saturated carbocycles. The molecule has 0 aliphatic carbocycles. The fourth-order valence-corrected chi connectivity index (χ4v) is 2.77. The number of para-hydroxylation sites is 1. The van der Waals surface area contributed by atoms with Gasteiger partial charge in [0.1, 0.15) is 11.5 Å². The SMILES string of the molecule is [CH2]CCCCc1ccc(Oc2ccccc2-c2ccccc2)cc1. The normalized spacial score (nSPS) is 10.5. The van der Waals surface area contributed by atoms with Crippen LogP contribution >= 0.6 is 0 Å². The van der Waals surface area contributed by atoms with Gasteiger partial charge in [0.15, 0.2) is 0 Å². The van der Waals surface area contributed by atoms with Crippen molar-refractivity contribution in [1.82, 2.24) is 0 Å². The lowest BCUT2D eigenvalue weighted by Gasteiger charge is -2.12. The van der Waals surface area contributed by atoms with Gasteiger partial charge in [-0.05, 0) is 42.2 Å². The van der Waals surface area contributed by atoms with Gasteiger partial charge in [-0.3, -0.25) is 0 Å². The van der Waals surface area contributed by atoms with Crippen molar-refractivity contribution in [3.63, 3.8) is 0 Å². The van der Waals surface area contributed by atoms with Gasteiger partial charge in [0.2, 0.25) is 0 Å². The predicted octanol–water partition coefficient (Wildman–Crippen LogP) is 6.69. The zero-order chi connectivity index (χ0) is 16.6. The number of hydrogen-bond donors (Lipinski definition) is 0. The zero-order valence-electron chi connectivity index (χ0n) is 13.9. The first kappa shape index (κ1) is 16.3. The topological polar surface area (TPSA) is 9.23 Å². The summed E-state index contributed by atoms with van der Waals surface area (Å²) < 4.78 is 6.13. The molecule has 0 amide bonds. The first-order chi connectivity index (χ1) is 11.9. The number of unbranched alkanes of at least 4 members (excludes halogenated alkanes) is 2. The number of aryl methyl sites for hydroxylation is 1. The molecule has 0 N–H and O–H groups in total. The van der Waals surface area contributed by atoms with Crippen LogP contribution in [-0.2, 0) is 6.42 Å². The molecule has 0 unspecified atom stereocenters. The second kappa shape index (κ2) is 8.35.